The predicted octanol–water partition coefficient (Wildman–Crippen LogP) is 0.362. The Hall–Kier alpha value is -1.17. The molecule has 1 aromatic carbocycles. The molecule has 0 aliphatic carbocycles. The SMILES string of the molecule is O=S(=O)(NCNS(=O)(=O)C(F)(F)F)c1ccccc1. The Balaban J connectivity index is 2.70. The Kier molecular flexibility index (Phi) is 4.55. The molecule has 6 nitrogen and oxygen atoms in total. The molecule has 0 radical (unpaired) electrons. The lowest BCUT2D eigenvalue weighted by atomic mass is 10.4. The topological polar surface area (TPSA) is 92.3 Å². The monoisotopic (exact) mass is 318 g/mol. The molecule has 0 spiro atoms. The van der Waals surface area contributed by atoms with E-state index in [1.54, 1.807) is 10.8 Å². The van der Waals surface area contributed by atoms with Crippen LogP contribution in [0.4, 0.5) is 13.2 Å². The summed E-state index contributed by atoms with van der Waals surface area (Å²) in [5.41, 5.74) is -5.49. The van der Waals surface area contributed by atoms with Crippen LogP contribution in [0, 0.1) is 0 Å². The van der Waals surface area contributed by atoms with Crippen molar-refractivity contribution in [1.29, 1.82) is 0 Å². The summed E-state index contributed by atoms with van der Waals surface area (Å²) < 4.78 is 82.9. The van der Waals surface area contributed by atoms with Crippen molar-refractivity contribution in [2.45, 2.75) is 10.4 Å². The Bertz CT molecular complexity index is 626. The van der Waals surface area contributed by atoms with Gasteiger partial charge in [-0.2, -0.15) is 22.6 Å². The van der Waals surface area contributed by atoms with Gasteiger partial charge in [0.25, 0.3) is 0 Å². The van der Waals surface area contributed by atoms with Gasteiger partial charge in [-0.3, -0.25) is 0 Å². The first-order valence-corrected chi connectivity index (χ1v) is 7.63. The molecule has 0 atom stereocenters. The molecule has 108 valence electrons. The molecule has 0 saturated heterocycles. The minimum atomic E-state index is -5.58. The quantitative estimate of drug-likeness (QED) is 0.767. The molecule has 2 N–H and O–H groups in total. The van der Waals surface area contributed by atoms with Crippen LogP contribution in [0.15, 0.2) is 35.2 Å². The zero-order valence-corrected chi connectivity index (χ0v) is 10.8. The highest BCUT2D eigenvalue weighted by Crippen LogP contribution is 2.21. The van der Waals surface area contributed by atoms with E-state index in [0.717, 1.165) is 4.72 Å². The highest BCUT2D eigenvalue weighted by Gasteiger charge is 2.45. The van der Waals surface area contributed by atoms with Gasteiger partial charge in [-0.1, -0.05) is 18.2 Å². The molecule has 0 bridgehead atoms. The second-order valence-electron chi connectivity index (χ2n) is 3.23. The maximum absolute atomic E-state index is 11.9. The highest BCUT2D eigenvalue weighted by atomic mass is 32.2. The average Bonchev–Trinajstić information content (AvgIpc) is 2.28. The summed E-state index contributed by atoms with van der Waals surface area (Å²) >= 11 is 0. The lowest BCUT2D eigenvalue weighted by molar-refractivity contribution is -0.0447. The van der Waals surface area contributed by atoms with Gasteiger partial charge in [-0.15, -0.1) is 0 Å². The first-order chi connectivity index (χ1) is 8.56. The zero-order valence-electron chi connectivity index (χ0n) is 9.18. The molecule has 0 fully saturated rings. The minimum Gasteiger partial charge on any atom is -0.207 e. The fourth-order valence-corrected chi connectivity index (χ4v) is 2.45. The fraction of sp³-hybridized carbons (Fsp3) is 0.250. The van der Waals surface area contributed by atoms with Crippen molar-refractivity contribution in [3.8, 4) is 0 Å². The first kappa shape index (κ1) is 15.9. The minimum absolute atomic E-state index is 0.193. The number of rotatable bonds is 5. The van der Waals surface area contributed by atoms with Gasteiger partial charge in [-0.05, 0) is 12.1 Å². The van der Waals surface area contributed by atoms with E-state index in [1.165, 1.54) is 24.3 Å². The lowest BCUT2D eigenvalue weighted by Crippen LogP contribution is -2.43. The van der Waals surface area contributed by atoms with E-state index < -0.39 is 32.2 Å². The van der Waals surface area contributed by atoms with E-state index in [-0.39, 0.29) is 4.90 Å². The summed E-state index contributed by atoms with van der Waals surface area (Å²) in [6.07, 6.45) is 0. The number of alkyl halides is 3. The maximum atomic E-state index is 11.9. The van der Waals surface area contributed by atoms with Crippen molar-refractivity contribution in [1.82, 2.24) is 9.44 Å². The maximum Gasteiger partial charge on any atom is 0.511 e. The summed E-state index contributed by atoms with van der Waals surface area (Å²) in [5, 5.41) is 0. The average molecular weight is 318 g/mol. The Labute approximate surface area is 107 Å². The van der Waals surface area contributed by atoms with Crippen molar-refractivity contribution in [2.24, 2.45) is 0 Å². The third-order valence-corrected chi connectivity index (χ3v) is 4.43. The number of hydrogen-bond donors (Lipinski definition) is 2. The first-order valence-electron chi connectivity index (χ1n) is 4.67. The van der Waals surface area contributed by atoms with Crippen molar-refractivity contribution < 1.29 is 30.0 Å². The molecule has 0 heterocycles. The van der Waals surface area contributed by atoms with Crippen molar-refractivity contribution in [3.63, 3.8) is 0 Å². The molecule has 0 aliphatic heterocycles. The van der Waals surface area contributed by atoms with Crippen LogP contribution in [0.2, 0.25) is 0 Å². The molecular formula is C8H9F3N2O4S2. The summed E-state index contributed by atoms with van der Waals surface area (Å²) in [6, 6.07) is 6.79. The van der Waals surface area contributed by atoms with Crippen LogP contribution in [-0.2, 0) is 20.0 Å². The van der Waals surface area contributed by atoms with Crippen LogP contribution in [0.1, 0.15) is 0 Å². The van der Waals surface area contributed by atoms with Gasteiger partial charge < -0.3 is 0 Å². The van der Waals surface area contributed by atoms with E-state index in [4.69, 9.17) is 0 Å². The number of sulfonamides is 2. The smallest absolute Gasteiger partial charge is 0.207 e. The third-order valence-electron chi connectivity index (χ3n) is 1.88. The zero-order chi connectivity index (χ0) is 14.7. The standard InChI is InChI=1S/C8H9F3N2O4S2/c9-8(10,11)19(16,17)13-6-12-18(14,15)7-4-2-1-3-5-7/h1-5,12-13H,6H2. The lowest BCUT2D eigenvalue weighted by Gasteiger charge is -2.10. The van der Waals surface area contributed by atoms with Gasteiger partial charge in [0, 0.05) is 0 Å². The van der Waals surface area contributed by atoms with E-state index >= 15 is 0 Å². The highest BCUT2D eigenvalue weighted by molar-refractivity contribution is 7.90. The second kappa shape index (κ2) is 5.45. The van der Waals surface area contributed by atoms with E-state index in [2.05, 4.69) is 0 Å². The molecular weight excluding hydrogens is 309 g/mol. The largest absolute Gasteiger partial charge is 0.511 e. The summed E-state index contributed by atoms with van der Waals surface area (Å²) in [4.78, 5) is -0.193. The molecule has 11 heteroatoms. The van der Waals surface area contributed by atoms with Crippen LogP contribution in [0.3, 0.4) is 0 Å². The third kappa shape index (κ3) is 4.16. The van der Waals surface area contributed by atoms with Gasteiger partial charge in [-0.25, -0.2) is 16.8 Å². The van der Waals surface area contributed by atoms with Crippen molar-refractivity contribution >= 4 is 20.0 Å². The second-order valence-corrected chi connectivity index (χ2v) is 6.76. The van der Waals surface area contributed by atoms with E-state index in [9.17, 15) is 30.0 Å². The Morgan fingerprint density at radius 1 is 0.947 bits per heavy atom. The molecule has 0 saturated carbocycles. The Morgan fingerprint density at radius 3 is 1.95 bits per heavy atom. The van der Waals surface area contributed by atoms with Crippen molar-refractivity contribution in [2.75, 3.05) is 6.67 Å². The van der Waals surface area contributed by atoms with Gasteiger partial charge in [0.2, 0.25) is 10.0 Å². The van der Waals surface area contributed by atoms with Crippen LogP contribution in [0.5, 0.6) is 0 Å². The molecule has 1 rings (SSSR count). The summed E-state index contributed by atoms with van der Waals surface area (Å²) in [6.45, 7) is -1.10. The van der Waals surface area contributed by atoms with Gasteiger partial charge in [0.15, 0.2) is 0 Å². The summed E-state index contributed by atoms with van der Waals surface area (Å²) in [5.74, 6) is 0. The molecule has 0 aliphatic rings. The number of halogens is 3. The van der Waals surface area contributed by atoms with Crippen LogP contribution in [-0.4, -0.2) is 29.0 Å². The van der Waals surface area contributed by atoms with Crippen LogP contribution >= 0.6 is 0 Å². The van der Waals surface area contributed by atoms with Crippen molar-refractivity contribution in [3.05, 3.63) is 30.3 Å². The Morgan fingerprint density at radius 2 is 1.47 bits per heavy atom. The normalized spacial score (nSPS) is 13.4. The van der Waals surface area contributed by atoms with E-state index in [1.807, 2.05) is 0 Å². The summed E-state index contributed by atoms with van der Waals surface area (Å²) in [7, 11) is -9.65. The van der Waals surface area contributed by atoms with Crippen LogP contribution < -0.4 is 9.44 Å². The van der Waals surface area contributed by atoms with Gasteiger partial charge in [0.1, 0.15) is 0 Å². The number of hydrogen-bond acceptors (Lipinski definition) is 4. The molecule has 19 heavy (non-hydrogen) atoms. The predicted molar refractivity (Wildman–Crippen MR) is 59.7 cm³/mol. The van der Waals surface area contributed by atoms with Gasteiger partial charge in [0.05, 0.1) is 11.6 Å². The number of nitrogens with one attached hydrogen (secondary N) is 2. The molecule has 0 unspecified atom stereocenters. The van der Waals surface area contributed by atoms with Gasteiger partial charge >= 0.3 is 15.5 Å². The molecule has 1 aromatic rings. The number of benzene rings is 1. The fourth-order valence-electron chi connectivity index (χ4n) is 0.984. The molecule has 0 aromatic heterocycles. The molecule has 0 amide bonds. The van der Waals surface area contributed by atoms with Crippen LogP contribution in [0.25, 0.3) is 0 Å². The van der Waals surface area contributed by atoms with E-state index in [0.29, 0.717) is 0 Å².